The number of rotatable bonds is 4. The summed E-state index contributed by atoms with van der Waals surface area (Å²) in [6.07, 6.45) is 3.65. The van der Waals surface area contributed by atoms with E-state index in [0.29, 0.717) is 5.56 Å². The van der Waals surface area contributed by atoms with E-state index in [0.717, 1.165) is 24.5 Å². The first-order valence-electron chi connectivity index (χ1n) is 8.40. The van der Waals surface area contributed by atoms with E-state index in [1.807, 2.05) is 30.3 Å². The highest BCUT2D eigenvalue weighted by Crippen LogP contribution is 2.28. The number of nitrogens with one attached hydrogen (secondary N) is 2. The van der Waals surface area contributed by atoms with Gasteiger partial charge in [0.25, 0.3) is 0 Å². The minimum Gasteiger partial charge on any atom is -0.508 e. The molecule has 5 nitrogen and oxygen atoms in total. The number of phenols is 1. The summed E-state index contributed by atoms with van der Waals surface area (Å²) < 4.78 is 0. The number of carbonyl (C=O) groups excluding carboxylic acids is 1. The fraction of sp³-hybridized carbons (Fsp3) is 0.316. The zero-order valence-electron chi connectivity index (χ0n) is 13.7. The number of amides is 2. The summed E-state index contributed by atoms with van der Waals surface area (Å²) in [6.45, 7) is 2.33. The van der Waals surface area contributed by atoms with Crippen molar-refractivity contribution < 1.29 is 9.90 Å². The van der Waals surface area contributed by atoms with Gasteiger partial charge in [0.2, 0.25) is 0 Å². The number of nitrogens with zero attached hydrogens (tertiary/aromatic N) is 1. The van der Waals surface area contributed by atoms with Crippen LogP contribution in [0.4, 0.5) is 16.2 Å². The lowest BCUT2D eigenvalue weighted by Crippen LogP contribution is -2.32. The van der Waals surface area contributed by atoms with Crippen molar-refractivity contribution in [1.82, 2.24) is 5.32 Å². The predicted octanol–water partition coefficient (Wildman–Crippen LogP) is 3.70. The number of benzene rings is 2. The number of hydrogen-bond donors (Lipinski definition) is 3. The van der Waals surface area contributed by atoms with Crippen molar-refractivity contribution in [3.63, 3.8) is 0 Å². The Bertz CT molecular complexity index is 697. The SMILES string of the molecule is O=C(NCc1ccccc1O)Nc1ccccc1N1CCCCC1. The van der Waals surface area contributed by atoms with Crippen LogP contribution in [0, 0.1) is 0 Å². The zero-order valence-corrected chi connectivity index (χ0v) is 13.7. The Kier molecular flexibility index (Phi) is 5.21. The predicted molar refractivity (Wildman–Crippen MR) is 96.5 cm³/mol. The number of hydrogen-bond acceptors (Lipinski definition) is 3. The van der Waals surface area contributed by atoms with Gasteiger partial charge >= 0.3 is 6.03 Å². The van der Waals surface area contributed by atoms with E-state index in [2.05, 4.69) is 15.5 Å². The van der Waals surface area contributed by atoms with E-state index in [9.17, 15) is 9.90 Å². The first kappa shape index (κ1) is 16.2. The van der Waals surface area contributed by atoms with Gasteiger partial charge in [-0.1, -0.05) is 30.3 Å². The maximum absolute atomic E-state index is 12.2. The van der Waals surface area contributed by atoms with Crippen LogP contribution in [0.5, 0.6) is 5.75 Å². The quantitative estimate of drug-likeness (QED) is 0.803. The number of aromatic hydroxyl groups is 1. The molecule has 0 radical (unpaired) electrons. The van der Waals surface area contributed by atoms with Gasteiger partial charge in [0.1, 0.15) is 5.75 Å². The Balaban J connectivity index is 1.63. The molecule has 0 unspecified atom stereocenters. The number of anilines is 2. The second-order valence-corrected chi connectivity index (χ2v) is 6.00. The molecular formula is C19H23N3O2. The third-order valence-electron chi connectivity index (χ3n) is 4.28. The summed E-state index contributed by atoms with van der Waals surface area (Å²) in [6, 6.07) is 14.6. The van der Waals surface area contributed by atoms with Crippen molar-refractivity contribution in [2.24, 2.45) is 0 Å². The molecule has 2 aromatic carbocycles. The van der Waals surface area contributed by atoms with Gasteiger partial charge in [-0.2, -0.15) is 0 Å². The van der Waals surface area contributed by atoms with Gasteiger partial charge in [-0.25, -0.2) is 4.79 Å². The molecule has 5 heteroatoms. The molecule has 0 saturated carbocycles. The highest BCUT2D eigenvalue weighted by Gasteiger charge is 2.15. The molecule has 0 aromatic heterocycles. The molecule has 2 aromatic rings. The van der Waals surface area contributed by atoms with E-state index in [-0.39, 0.29) is 18.3 Å². The summed E-state index contributed by atoms with van der Waals surface area (Å²) >= 11 is 0. The van der Waals surface area contributed by atoms with Crippen LogP contribution < -0.4 is 15.5 Å². The summed E-state index contributed by atoms with van der Waals surface area (Å²) in [5.74, 6) is 0.187. The molecule has 1 fully saturated rings. The average Bonchev–Trinajstić information content (AvgIpc) is 2.62. The van der Waals surface area contributed by atoms with Crippen LogP contribution in [0.15, 0.2) is 48.5 Å². The summed E-state index contributed by atoms with van der Waals surface area (Å²) in [7, 11) is 0. The van der Waals surface area contributed by atoms with E-state index in [4.69, 9.17) is 0 Å². The molecule has 1 aliphatic heterocycles. The summed E-state index contributed by atoms with van der Waals surface area (Å²) in [4.78, 5) is 14.5. The zero-order chi connectivity index (χ0) is 16.8. The molecule has 3 N–H and O–H groups in total. The third kappa shape index (κ3) is 3.98. The van der Waals surface area contributed by atoms with Crippen molar-refractivity contribution >= 4 is 17.4 Å². The second-order valence-electron chi connectivity index (χ2n) is 6.00. The van der Waals surface area contributed by atoms with Gasteiger partial charge in [-0.15, -0.1) is 0 Å². The number of carbonyl (C=O) groups is 1. The number of phenolic OH excluding ortho intramolecular Hbond substituents is 1. The van der Waals surface area contributed by atoms with Crippen LogP contribution in [-0.4, -0.2) is 24.2 Å². The highest BCUT2D eigenvalue weighted by atomic mass is 16.3. The Labute approximate surface area is 142 Å². The van der Waals surface area contributed by atoms with Gasteiger partial charge in [0.15, 0.2) is 0 Å². The smallest absolute Gasteiger partial charge is 0.319 e. The molecule has 126 valence electrons. The highest BCUT2D eigenvalue weighted by molar-refractivity contribution is 5.93. The standard InChI is InChI=1S/C19H23N3O2/c23-18-11-5-2-8-15(18)14-20-19(24)21-16-9-3-4-10-17(16)22-12-6-1-7-13-22/h2-5,8-11,23H,1,6-7,12-14H2,(H2,20,21,24). The third-order valence-corrected chi connectivity index (χ3v) is 4.28. The maximum atomic E-state index is 12.2. The molecule has 0 spiro atoms. The maximum Gasteiger partial charge on any atom is 0.319 e. The molecule has 24 heavy (non-hydrogen) atoms. The monoisotopic (exact) mass is 325 g/mol. The molecule has 0 bridgehead atoms. The average molecular weight is 325 g/mol. The Morgan fingerprint density at radius 3 is 2.50 bits per heavy atom. The largest absolute Gasteiger partial charge is 0.508 e. The van der Waals surface area contributed by atoms with Crippen molar-refractivity contribution in [2.75, 3.05) is 23.3 Å². The van der Waals surface area contributed by atoms with Gasteiger partial charge in [0, 0.05) is 25.2 Å². The molecule has 1 heterocycles. The van der Waals surface area contributed by atoms with Crippen LogP contribution in [-0.2, 0) is 6.54 Å². The molecular weight excluding hydrogens is 302 g/mol. The topological polar surface area (TPSA) is 64.6 Å². The summed E-state index contributed by atoms with van der Waals surface area (Å²) in [5, 5.41) is 15.5. The minimum atomic E-state index is -0.275. The molecule has 0 aliphatic carbocycles. The van der Waals surface area contributed by atoms with Gasteiger partial charge in [0.05, 0.1) is 11.4 Å². The Morgan fingerprint density at radius 1 is 1.00 bits per heavy atom. The molecule has 1 aliphatic rings. The lowest BCUT2D eigenvalue weighted by molar-refractivity contribution is 0.251. The lowest BCUT2D eigenvalue weighted by Gasteiger charge is -2.30. The van der Waals surface area contributed by atoms with Gasteiger partial charge in [-0.05, 0) is 37.5 Å². The second kappa shape index (κ2) is 7.73. The van der Waals surface area contributed by atoms with Crippen molar-refractivity contribution in [2.45, 2.75) is 25.8 Å². The molecule has 0 atom stereocenters. The minimum absolute atomic E-state index is 0.187. The van der Waals surface area contributed by atoms with Crippen molar-refractivity contribution in [3.8, 4) is 5.75 Å². The number of urea groups is 1. The van der Waals surface area contributed by atoms with Crippen LogP contribution in [0.25, 0.3) is 0 Å². The fourth-order valence-corrected chi connectivity index (χ4v) is 2.99. The van der Waals surface area contributed by atoms with Crippen LogP contribution >= 0.6 is 0 Å². The van der Waals surface area contributed by atoms with Gasteiger partial charge < -0.3 is 20.6 Å². The Hall–Kier alpha value is -2.69. The normalized spacial score (nSPS) is 14.2. The van der Waals surface area contributed by atoms with E-state index in [1.165, 1.54) is 19.3 Å². The first-order chi connectivity index (χ1) is 11.7. The summed E-state index contributed by atoms with van der Waals surface area (Å²) in [5.41, 5.74) is 2.57. The van der Waals surface area contributed by atoms with Crippen molar-refractivity contribution in [3.05, 3.63) is 54.1 Å². The fourth-order valence-electron chi connectivity index (χ4n) is 2.99. The van der Waals surface area contributed by atoms with E-state index >= 15 is 0 Å². The first-order valence-corrected chi connectivity index (χ1v) is 8.40. The van der Waals surface area contributed by atoms with E-state index < -0.39 is 0 Å². The molecule has 3 rings (SSSR count). The van der Waals surface area contributed by atoms with Gasteiger partial charge in [-0.3, -0.25) is 0 Å². The van der Waals surface area contributed by atoms with Crippen LogP contribution in [0.3, 0.4) is 0 Å². The van der Waals surface area contributed by atoms with Crippen molar-refractivity contribution in [1.29, 1.82) is 0 Å². The van der Waals surface area contributed by atoms with E-state index in [1.54, 1.807) is 18.2 Å². The Morgan fingerprint density at radius 2 is 1.71 bits per heavy atom. The van der Waals surface area contributed by atoms with Crippen LogP contribution in [0.1, 0.15) is 24.8 Å². The molecule has 1 saturated heterocycles. The number of piperidine rings is 1. The molecule has 2 amide bonds. The number of para-hydroxylation sites is 3. The van der Waals surface area contributed by atoms with Crippen LogP contribution in [0.2, 0.25) is 0 Å². The lowest BCUT2D eigenvalue weighted by atomic mass is 10.1.